The highest BCUT2D eigenvalue weighted by atomic mass is 16.5. The number of ether oxygens (including phenoxy) is 3. The van der Waals surface area contributed by atoms with E-state index in [4.69, 9.17) is 19.5 Å². The summed E-state index contributed by atoms with van der Waals surface area (Å²) in [4.78, 5) is 0. The number of morpholine rings is 1. The summed E-state index contributed by atoms with van der Waals surface area (Å²) in [6, 6.07) is 7.44. The van der Waals surface area contributed by atoms with Crippen molar-refractivity contribution in [2.75, 3.05) is 26.8 Å². The van der Waals surface area contributed by atoms with Gasteiger partial charge in [0.1, 0.15) is 5.75 Å². The number of nitrogens with zero attached hydrogens (tertiary/aromatic N) is 1. The van der Waals surface area contributed by atoms with E-state index in [0.717, 1.165) is 24.4 Å². The molecule has 2 rings (SSSR count). The molecule has 1 aromatic carbocycles. The van der Waals surface area contributed by atoms with E-state index in [9.17, 15) is 0 Å². The molecule has 108 valence electrons. The van der Waals surface area contributed by atoms with Crippen LogP contribution in [0.5, 0.6) is 5.75 Å². The Morgan fingerprint density at radius 3 is 3.00 bits per heavy atom. The summed E-state index contributed by atoms with van der Waals surface area (Å²) >= 11 is 0. The van der Waals surface area contributed by atoms with Crippen LogP contribution in [0.3, 0.4) is 0 Å². The number of methoxy groups -OCH3 is 1. The van der Waals surface area contributed by atoms with Gasteiger partial charge in [-0.3, -0.25) is 0 Å². The Morgan fingerprint density at radius 2 is 2.30 bits per heavy atom. The van der Waals surface area contributed by atoms with Gasteiger partial charge in [-0.25, -0.2) is 0 Å². The SMILES string of the molecule is COc1ccc(C#N)cc1COCC1CNCC(C)O1. The minimum atomic E-state index is 0.0731. The quantitative estimate of drug-likeness (QED) is 0.882. The Bertz CT molecular complexity index is 484. The Hall–Kier alpha value is -1.61. The van der Waals surface area contributed by atoms with Crippen molar-refractivity contribution < 1.29 is 14.2 Å². The fraction of sp³-hybridized carbons (Fsp3) is 0.533. The predicted octanol–water partition coefficient (Wildman–Crippen LogP) is 1.46. The molecule has 2 atom stereocenters. The van der Waals surface area contributed by atoms with Crippen molar-refractivity contribution in [2.24, 2.45) is 0 Å². The second-order valence-corrected chi connectivity index (χ2v) is 4.88. The minimum Gasteiger partial charge on any atom is -0.496 e. The molecule has 2 unspecified atom stereocenters. The van der Waals surface area contributed by atoms with Gasteiger partial charge in [-0.05, 0) is 25.1 Å². The number of nitriles is 1. The highest BCUT2D eigenvalue weighted by molar-refractivity contribution is 5.41. The van der Waals surface area contributed by atoms with Crippen LogP contribution < -0.4 is 10.1 Å². The molecule has 0 radical (unpaired) electrons. The lowest BCUT2D eigenvalue weighted by Crippen LogP contribution is -2.45. The van der Waals surface area contributed by atoms with Gasteiger partial charge in [0.2, 0.25) is 0 Å². The van der Waals surface area contributed by atoms with E-state index in [1.54, 1.807) is 25.3 Å². The summed E-state index contributed by atoms with van der Waals surface area (Å²) in [6.45, 7) is 4.66. The maximum absolute atomic E-state index is 8.92. The normalized spacial score (nSPS) is 22.2. The lowest BCUT2D eigenvalue weighted by atomic mass is 10.1. The maximum Gasteiger partial charge on any atom is 0.124 e. The Kier molecular flexibility index (Phi) is 5.36. The maximum atomic E-state index is 8.92. The summed E-state index contributed by atoms with van der Waals surface area (Å²) in [5.41, 5.74) is 1.48. The molecule has 0 aromatic heterocycles. The second-order valence-electron chi connectivity index (χ2n) is 4.88. The molecule has 0 aliphatic carbocycles. The smallest absolute Gasteiger partial charge is 0.124 e. The van der Waals surface area contributed by atoms with Crippen molar-refractivity contribution in [3.05, 3.63) is 29.3 Å². The standard InChI is InChI=1S/C15H20N2O3/c1-11-7-17-8-14(20-11)10-19-9-13-5-12(6-16)3-4-15(13)18-2/h3-5,11,14,17H,7-10H2,1-2H3. The fourth-order valence-corrected chi connectivity index (χ4v) is 2.23. The van der Waals surface area contributed by atoms with Crippen molar-refractivity contribution >= 4 is 0 Å². The van der Waals surface area contributed by atoms with Crippen LogP contribution in [0.15, 0.2) is 18.2 Å². The summed E-state index contributed by atoms with van der Waals surface area (Å²) in [7, 11) is 1.61. The third kappa shape index (κ3) is 3.94. The van der Waals surface area contributed by atoms with Crippen LogP contribution in [0.2, 0.25) is 0 Å². The molecule has 0 bridgehead atoms. The first kappa shape index (κ1) is 14.8. The summed E-state index contributed by atoms with van der Waals surface area (Å²) in [5, 5.41) is 12.2. The van der Waals surface area contributed by atoms with Crippen molar-refractivity contribution in [3.63, 3.8) is 0 Å². The molecule has 1 aliphatic rings. The molecule has 1 saturated heterocycles. The predicted molar refractivity (Wildman–Crippen MR) is 74.6 cm³/mol. The molecule has 0 saturated carbocycles. The summed E-state index contributed by atoms with van der Waals surface area (Å²) in [6.07, 6.45) is 0.290. The largest absolute Gasteiger partial charge is 0.496 e. The number of nitrogens with one attached hydrogen (secondary N) is 1. The van der Waals surface area contributed by atoms with Gasteiger partial charge in [0, 0.05) is 18.7 Å². The van der Waals surface area contributed by atoms with Gasteiger partial charge in [-0.2, -0.15) is 5.26 Å². The molecular formula is C15H20N2O3. The molecule has 5 nitrogen and oxygen atoms in total. The lowest BCUT2D eigenvalue weighted by Gasteiger charge is -2.28. The number of rotatable bonds is 5. The number of hydrogen-bond donors (Lipinski definition) is 1. The summed E-state index contributed by atoms with van der Waals surface area (Å²) < 4.78 is 16.7. The van der Waals surface area contributed by atoms with Gasteiger partial charge >= 0.3 is 0 Å². The second kappa shape index (κ2) is 7.25. The Labute approximate surface area is 119 Å². The van der Waals surface area contributed by atoms with Gasteiger partial charge in [0.25, 0.3) is 0 Å². The lowest BCUT2D eigenvalue weighted by molar-refractivity contribution is -0.0717. The average molecular weight is 276 g/mol. The van der Waals surface area contributed by atoms with Crippen LogP contribution >= 0.6 is 0 Å². The molecule has 0 amide bonds. The van der Waals surface area contributed by atoms with Crippen molar-refractivity contribution in [3.8, 4) is 11.8 Å². The van der Waals surface area contributed by atoms with E-state index in [1.165, 1.54) is 0 Å². The molecule has 5 heteroatoms. The van der Waals surface area contributed by atoms with Gasteiger partial charge in [0.15, 0.2) is 0 Å². The van der Waals surface area contributed by atoms with E-state index in [2.05, 4.69) is 11.4 Å². The van der Waals surface area contributed by atoms with Crippen molar-refractivity contribution in [2.45, 2.75) is 25.7 Å². The van der Waals surface area contributed by atoms with Gasteiger partial charge < -0.3 is 19.5 Å². The van der Waals surface area contributed by atoms with Gasteiger partial charge in [0.05, 0.1) is 44.2 Å². The first-order chi connectivity index (χ1) is 9.72. The first-order valence-corrected chi connectivity index (χ1v) is 6.74. The van der Waals surface area contributed by atoms with Crippen LogP contribution in [0, 0.1) is 11.3 Å². The third-order valence-electron chi connectivity index (χ3n) is 3.20. The highest BCUT2D eigenvalue weighted by Gasteiger charge is 2.18. The van der Waals surface area contributed by atoms with Crippen LogP contribution in [-0.2, 0) is 16.1 Å². The van der Waals surface area contributed by atoms with Crippen LogP contribution in [0.1, 0.15) is 18.1 Å². The molecule has 1 N–H and O–H groups in total. The zero-order valence-corrected chi connectivity index (χ0v) is 11.9. The minimum absolute atomic E-state index is 0.0731. The highest BCUT2D eigenvalue weighted by Crippen LogP contribution is 2.20. The van der Waals surface area contributed by atoms with Crippen LogP contribution in [0.25, 0.3) is 0 Å². The van der Waals surface area contributed by atoms with E-state index in [0.29, 0.717) is 18.8 Å². The Balaban J connectivity index is 1.88. The molecular weight excluding hydrogens is 256 g/mol. The molecule has 20 heavy (non-hydrogen) atoms. The van der Waals surface area contributed by atoms with E-state index in [1.807, 2.05) is 6.92 Å². The zero-order valence-electron chi connectivity index (χ0n) is 11.9. The molecule has 1 heterocycles. The van der Waals surface area contributed by atoms with Crippen molar-refractivity contribution in [1.29, 1.82) is 5.26 Å². The third-order valence-corrected chi connectivity index (χ3v) is 3.20. The van der Waals surface area contributed by atoms with E-state index >= 15 is 0 Å². The van der Waals surface area contributed by atoms with Crippen LogP contribution in [0.4, 0.5) is 0 Å². The molecule has 0 spiro atoms. The average Bonchev–Trinajstić information content (AvgIpc) is 2.47. The summed E-state index contributed by atoms with van der Waals surface area (Å²) in [5.74, 6) is 0.736. The van der Waals surface area contributed by atoms with E-state index in [-0.39, 0.29) is 12.2 Å². The number of benzene rings is 1. The Morgan fingerprint density at radius 1 is 1.45 bits per heavy atom. The molecule has 1 fully saturated rings. The molecule has 1 aromatic rings. The van der Waals surface area contributed by atoms with Gasteiger partial charge in [-0.15, -0.1) is 0 Å². The topological polar surface area (TPSA) is 63.5 Å². The monoisotopic (exact) mass is 276 g/mol. The molecule has 1 aliphatic heterocycles. The first-order valence-electron chi connectivity index (χ1n) is 6.74. The fourth-order valence-electron chi connectivity index (χ4n) is 2.23. The van der Waals surface area contributed by atoms with Gasteiger partial charge in [-0.1, -0.05) is 0 Å². The zero-order chi connectivity index (χ0) is 14.4. The number of hydrogen-bond acceptors (Lipinski definition) is 5. The van der Waals surface area contributed by atoms with E-state index < -0.39 is 0 Å². The van der Waals surface area contributed by atoms with Crippen molar-refractivity contribution in [1.82, 2.24) is 5.32 Å². The van der Waals surface area contributed by atoms with Crippen LogP contribution in [-0.4, -0.2) is 39.0 Å².